The van der Waals surface area contributed by atoms with Gasteiger partial charge in [0, 0.05) is 29.7 Å². The number of carbonyl (C=O) groups excluding carboxylic acids is 2. The summed E-state index contributed by atoms with van der Waals surface area (Å²) in [6.45, 7) is 3.89. The molecule has 35 heavy (non-hydrogen) atoms. The summed E-state index contributed by atoms with van der Waals surface area (Å²) >= 11 is 0. The minimum atomic E-state index is -0.778. The lowest BCUT2D eigenvalue weighted by Crippen LogP contribution is -2.43. The van der Waals surface area contributed by atoms with Gasteiger partial charge >= 0.3 is 0 Å². The number of likely N-dealkylation sites (tertiary alicyclic amines) is 1. The van der Waals surface area contributed by atoms with E-state index in [0.717, 1.165) is 65.8 Å². The second-order valence-corrected chi connectivity index (χ2v) is 9.79. The van der Waals surface area contributed by atoms with Crippen molar-refractivity contribution >= 4 is 22.7 Å². The highest BCUT2D eigenvalue weighted by atomic mass is 16.5. The molecule has 2 atom stereocenters. The number of carbonyl (C=O) groups is 2. The summed E-state index contributed by atoms with van der Waals surface area (Å²) in [6.07, 6.45) is 4.05. The van der Waals surface area contributed by atoms with Crippen LogP contribution in [0.25, 0.3) is 10.9 Å². The molecule has 182 valence electrons. The Balaban J connectivity index is 1.29. The van der Waals surface area contributed by atoms with Crippen LogP contribution in [0.15, 0.2) is 54.6 Å². The lowest BCUT2D eigenvalue weighted by Gasteiger charge is -2.31. The van der Waals surface area contributed by atoms with Gasteiger partial charge in [-0.25, -0.2) is 5.48 Å². The topological polar surface area (TPSA) is 91.8 Å². The summed E-state index contributed by atoms with van der Waals surface area (Å²) in [5.41, 5.74) is 4.93. The number of ether oxygens (including phenoxy) is 1. The number of hydroxylamine groups is 1. The number of aryl methyl sites for hydroxylation is 1. The molecule has 2 heterocycles. The van der Waals surface area contributed by atoms with Gasteiger partial charge in [-0.2, -0.15) is 0 Å². The van der Waals surface area contributed by atoms with Crippen molar-refractivity contribution in [3.05, 3.63) is 71.4 Å². The number of piperidine rings is 1. The summed E-state index contributed by atoms with van der Waals surface area (Å²) in [4.78, 5) is 32.1. The van der Waals surface area contributed by atoms with Crippen molar-refractivity contribution in [3.63, 3.8) is 0 Å². The Kier molecular flexibility index (Phi) is 6.43. The highest BCUT2D eigenvalue weighted by Crippen LogP contribution is 2.56. The lowest BCUT2D eigenvalue weighted by molar-refractivity contribution is -0.142. The van der Waals surface area contributed by atoms with Gasteiger partial charge in [-0.15, -0.1) is 0 Å². The number of hydrogen-bond acceptors (Lipinski definition) is 5. The van der Waals surface area contributed by atoms with E-state index in [0.29, 0.717) is 19.4 Å². The number of nitrogens with one attached hydrogen (secondary N) is 1. The van der Waals surface area contributed by atoms with E-state index in [1.165, 1.54) is 0 Å². The molecule has 2 fully saturated rings. The third-order valence-electron chi connectivity index (χ3n) is 7.34. The van der Waals surface area contributed by atoms with Crippen LogP contribution >= 0.6 is 0 Å². The van der Waals surface area contributed by atoms with Gasteiger partial charge in [0.15, 0.2) is 0 Å². The molecule has 7 heteroatoms. The molecule has 1 saturated carbocycles. The SMILES string of the molecule is Cc1cc(COc2ccc(C[C@]3(C(=O)N4CCCCC4)C[C@@H]3C(=O)NO)cc2)c2ccccc2n1. The van der Waals surface area contributed by atoms with Crippen LogP contribution in [0, 0.1) is 18.3 Å². The molecule has 1 saturated heterocycles. The molecule has 0 unspecified atom stereocenters. The Bertz CT molecular complexity index is 1240. The first-order chi connectivity index (χ1) is 17.0. The molecule has 2 aromatic carbocycles. The van der Waals surface area contributed by atoms with Gasteiger partial charge in [0.2, 0.25) is 11.8 Å². The zero-order chi connectivity index (χ0) is 24.4. The lowest BCUT2D eigenvalue weighted by atomic mass is 9.91. The average Bonchev–Trinajstić information content (AvgIpc) is 3.62. The van der Waals surface area contributed by atoms with Gasteiger partial charge in [-0.3, -0.25) is 19.8 Å². The molecule has 2 N–H and O–H groups in total. The van der Waals surface area contributed by atoms with Gasteiger partial charge in [0.1, 0.15) is 12.4 Å². The van der Waals surface area contributed by atoms with Crippen LogP contribution in [0.3, 0.4) is 0 Å². The summed E-state index contributed by atoms with van der Waals surface area (Å²) in [5.74, 6) is -0.202. The van der Waals surface area contributed by atoms with Crippen LogP contribution in [0.4, 0.5) is 0 Å². The molecule has 0 bridgehead atoms. The molecular weight excluding hydrogens is 442 g/mol. The number of benzene rings is 2. The number of aromatic nitrogens is 1. The number of fused-ring (bicyclic) bond motifs is 1. The number of nitrogens with zero attached hydrogens (tertiary/aromatic N) is 2. The van der Waals surface area contributed by atoms with Crippen molar-refractivity contribution in [2.45, 2.75) is 45.6 Å². The highest BCUT2D eigenvalue weighted by Gasteiger charge is 2.64. The molecule has 1 aliphatic carbocycles. The number of para-hydroxylation sites is 1. The summed E-state index contributed by atoms with van der Waals surface area (Å²) in [6, 6.07) is 17.8. The van der Waals surface area contributed by atoms with E-state index >= 15 is 0 Å². The van der Waals surface area contributed by atoms with E-state index in [2.05, 4.69) is 11.1 Å². The average molecular weight is 474 g/mol. The quantitative estimate of drug-likeness (QED) is 0.397. The molecule has 3 aromatic rings. The molecule has 2 amide bonds. The zero-order valence-electron chi connectivity index (χ0n) is 20.0. The maximum atomic E-state index is 13.4. The Morgan fingerprint density at radius 3 is 2.60 bits per heavy atom. The van der Waals surface area contributed by atoms with Gasteiger partial charge in [-0.1, -0.05) is 30.3 Å². The molecule has 1 aliphatic heterocycles. The first kappa shape index (κ1) is 23.3. The monoisotopic (exact) mass is 473 g/mol. The van der Waals surface area contributed by atoms with E-state index in [1.54, 1.807) is 5.48 Å². The van der Waals surface area contributed by atoms with Gasteiger partial charge in [0.05, 0.1) is 16.8 Å². The Morgan fingerprint density at radius 2 is 1.86 bits per heavy atom. The molecule has 0 spiro atoms. The van der Waals surface area contributed by atoms with E-state index < -0.39 is 17.2 Å². The second kappa shape index (κ2) is 9.66. The largest absolute Gasteiger partial charge is 0.489 e. The first-order valence-electron chi connectivity index (χ1n) is 12.3. The maximum absolute atomic E-state index is 13.4. The maximum Gasteiger partial charge on any atom is 0.247 e. The predicted octanol–water partition coefficient (Wildman–Crippen LogP) is 4.19. The summed E-state index contributed by atoms with van der Waals surface area (Å²) in [5, 5.41) is 10.2. The van der Waals surface area contributed by atoms with Crippen LogP contribution in [0.1, 0.15) is 42.5 Å². The van der Waals surface area contributed by atoms with Crippen molar-refractivity contribution in [1.82, 2.24) is 15.4 Å². The van der Waals surface area contributed by atoms with Crippen molar-refractivity contribution in [1.29, 1.82) is 0 Å². The minimum Gasteiger partial charge on any atom is -0.489 e. The van der Waals surface area contributed by atoms with Crippen LogP contribution < -0.4 is 10.2 Å². The Morgan fingerprint density at radius 1 is 1.11 bits per heavy atom. The summed E-state index contributed by atoms with van der Waals surface area (Å²) in [7, 11) is 0. The molecule has 2 aliphatic rings. The van der Waals surface area contributed by atoms with Gasteiger partial charge < -0.3 is 9.64 Å². The molecule has 7 nitrogen and oxygen atoms in total. The highest BCUT2D eigenvalue weighted by molar-refractivity contribution is 5.96. The van der Waals surface area contributed by atoms with Gasteiger partial charge in [0.25, 0.3) is 0 Å². The fraction of sp³-hybridized carbons (Fsp3) is 0.393. The number of rotatable bonds is 7. The van der Waals surface area contributed by atoms with E-state index in [9.17, 15) is 9.59 Å². The van der Waals surface area contributed by atoms with Crippen LogP contribution in [0.2, 0.25) is 0 Å². The molecule has 1 aromatic heterocycles. The van der Waals surface area contributed by atoms with Crippen molar-refractivity contribution in [2.75, 3.05) is 13.1 Å². The normalized spacial score (nSPS) is 21.5. The number of pyridine rings is 1. The van der Waals surface area contributed by atoms with Crippen LogP contribution in [0.5, 0.6) is 5.75 Å². The smallest absolute Gasteiger partial charge is 0.247 e. The van der Waals surface area contributed by atoms with Crippen molar-refractivity contribution in [3.8, 4) is 5.75 Å². The van der Waals surface area contributed by atoms with Crippen molar-refractivity contribution < 1.29 is 19.5 Å². The predicted molar refractivity (Wildman–Crippen MR) is 132 cm³/mol. The third-order valence-corrected chi connectivity index (χ3v) is 7.34. The first-order valence-corrected chi connectivity index (χ1v) is 12.3. The van der Waals surface area contributed by atoms with Crippen molar-refractivity contribution in [2.24, 2.45) is 11.3 Å². The fourth-order valence-corrected chi connectivity index (χ4v) is 5.39. The van der Waals surface area contributed by atoms with E-state index in [4.69, 9.17) is 9.94 Å². The van der Waals surface area contributed by atoms with Gasteiger partial charge in [-0.05, 0) is 68.9 Å². The molecule has 5 rings (SSSR count). The Hall–Kier alpha value is -3.45. The van der Waals surface area contributed by atoms with Crippen LogP contribution in [-0.2, 0) is 22.6 Å². The second-order valence-electron chi connectivity index (χ2n) is 9.79. The number of hydrogen-bond donors (Lipinski definition) is 2. The van der Waals surface area contributed by atoms with E-state index in [-0.39, 0.29) is 5.91 Å². The number of amides is 2. The van der Waals surface area contributed by atoms with Crippen LogP contribution in [-0.4, -0.2) is 40.0 Å². The minimum absolute atomic E-state index is 0.0334. The third kappa shape index (κ3) is 4.73. The summed E-state index contributed by atoms with van der Waals surface area (Å²) < 4.78 is 6.08. The molecular formula is C28H31N3O4. The van der Waals surface area contributed by atoms with E-state index in [1.807, 2.05) is 60.4 Å². The molecule has 0 radical (unpaired) electrons. The fourth-order valence-electron chi connectivity index (χ4n) is 5.39. The Labute approximate surface area is 205 Å². The zero-order valence-corrected chi connectivity index (χ0v) is 20.0. The standard InChI is InChI=1S/C28H31N3O4/c1-19-15-21(23-7-3-4-8-25(23)29-19)18-35-22-11-9-20(10-12-22)16-28(17-24(28)26(32)30-34)27(33)31-13-5-2-6-14-31/h3-4,7-12,15,24,34H,2,5-6,13-14,16-18H2,1H3,(H,30,32)/t24-,28+/m1/s1.